The van der Waals surface area contributed by atoms with E-state index >= 15 is 0 Å². The number of hydrogen-bond donors (Lipinski definition) is 0. The third-order valence-corrected chi connectivity index (χ3v) is 9.91. The molecule has 0 fully saturated rings. The summed E-state index contributed by atoms with van der Waals surface area (Å²) in [6.07, 6.45) is 16.8. The number of unbranched alkanes of at least 4 members (excludes halogenated alkanes) is 4. The summed E-state index contributed by atoms with van der Waals surface area (Å²) in [4.78, 5) is 23.6. The molecule has 256 valence electrons. The van der Waals surface area contributed by atoms with Crippen molar-refractivity contribution < 1.29 is 37.0 Å². The molecule has 0 aromatic rings. The van der Waals surface area contributed by atoms with Gasteiger partial charge in [0.15, 0.2) is 0 Å². The van der Waals surface area contributed by atoms with E-state index in [1.165, 1.54) is 0 Å². The van der Waals surface area contributed by atoms with Crippen molar-refractivity contribution >= 4 is 64.5 Å². The normalized spacial score (nSPS) is 17.0. The van der Waals surface area contributed by atoms with Crippen molar-refractivity contribution in [1.29, 1.82) is 0 Å². The van der Waals surface area contributed by atoms with Gasteiger partial charge < -0.3 is 27.9 Å². The van der Waals surface area contributed by atoms with Gasteiger partial charge in [-0.15, -0.1) is 0 Å². The van der Waals surface area contributed by atoms with E-state index in [0.29, 0.717) is 23.7 Å². The first-order valence-corrected chi connectivity index (χ1v) is 20.1. The number of hydrogen-bond acceptors (Lipinski definition) is 8. The molecule has 43 heavy (non-hydrogen) atoms. The zero-order valence-corrected chi connectivity index (χ0v) is 35.5. The Labute approximate surface area is 307 Å². The Bertz CT molecular complexity index is 582. The minimum Gasteiger partial charge on any atom is -0.756 e. The minimum absolute atomic E-state index is 0. The fourth-order valence-electron chi connectivity index (χ4n) is 4.45. The van der Waals surface area contributed by atoms with E-state index in [0.717, 1.165) is 103 Å². The summed E-state index contributed by atoms with van der Waals surface area (Å²) in [5.41, 5.74) is 0. The fraction of sp³-hybridized carbons (Fsp3) is 1.00. The van der Waals surface area contributed by atoms with Crippen molar-refractivity contribution in [2.45, 2.75) is 158 Å². The molecule has 0 N–H and O–H groups in total. The summed E-state index contributed by atoms with van der Waals surface area (Å²) in [5, 5.41) is 0. The molecule has 0 aromatic carbocycles. The van der Waals surface area contributed by atoms with Crippen molar-refractivity contribution in [1.82, 2.24) is 0 Å². The summed E-state index contributed by atoms with van der Waals surface area (Å²) in [7, 11) is -8.28. The monoisotopic (exact) mass is 780 g/mol. The summed E-state index contributed by atoms with van der Waals surface area (Å²) in [5.74, 6) is 1.21. The van der Waals surface area contributed by atoms with Gasteiger partial charge in [-0.1, -0.05) is 132 Å². The van der Waals surface area contributed by atoms with Crippen LogP contribution in [0.3, 0.4) is 0 Å². The summed E-state index contributed by atoms with van der Waals surface area (Å²) in [6, 6.07) is 0. The third-order valence-electron chi connectivity index (χ3n) is 8.05. The van der Waals surface area contributed by atoms with Gasteiger partial charge in [0, 0.05) is 0 Å². The van der Waals surface area contributed by atoms with E-state index < -0.39 is 15.6 Å². The first-order valence-electron chi connectivity index (χ1n) is 17.2. The second kappa shape index (κ2) is 32.3. The quantitative estimate of drug-likeness (QED) is 0.0570. The Balaban J connectivity index is -0.000000727. The van der Waals surface area contributed by atoms with Crippen LogP contribution in [0.4, 0.5) is 0 Å². The van der Waals surface area contributed by atoms with Gasteiger partial charge in [-0.05, 0) is 49.4 Å². The zero-order valence-electron chi connectivity index (χ0n) is 29.3. The molecule has 0 aromatic heterocycles. The summed E-state index contributed by atoms with van der Waals surface area (Å²) in [6.45, 7) is 17.8. The van der Waals surface area contributed by atoms with Gasteiger partial charge in [0.05, 0.1) is 26.4 Å². The Kier molecular flexibility index (Phi) is 37.0. The Hall–Kier alpha value is 1.79. The van der Waals surface area contributed by atoms with Crippen LogP contribution in [0.1, 0.15) is 158 Å². The van der Waals surface area contributed by atoms with Crippen LogP contribution in [-0.4, -0.2) is 75.3 Å². The van der Waals surface area contributed by atoms with Gasteiger partial charge in [-0.25, -0.2) is 0 Å². The Morgan fingerprint density at radius 3 is 0.767 bits per heavy atom. The Morgan fingerprint density at radius 2 is 0.628 bits per heavy atom. The smallest absolute Gasteiger partial charge is 0.756 e. The molecule has 0 aliphatic heterocycles. The van der Waals surface area contributed by atoms with E-state index in [9.17, 15) is 18.9 Å². The second-order valence-corrected chi connectivity index (χ2v) is 14.6. The summed E-state index contributed by atoms with van der Waals surface area (Å²) < 4.78 is 43.8. The molecule has 4 atom stereocenters. The minimum atomic E-state index is -4.14. The molecular formula is C32H68BaO8P2. The SMILES string of the molecule is CCCCC(CC)COP(=O)([O-])OCC(CC)CCCC.CCCCC(CC)COP(=O)([O-])OCC(CC)CCCC.[Ba+2]. The molecule has 0 bridgehead atoms. The molecule has 11 heteroatoms. The van der Waals surface area contributed by atoms with E-state index in [2.05, 4.69) is 55.4 Å². The van der Waals surface area contributed by atoms with Crippen molar-refractivity contribution in [2.75, 3.05) is 26.4 Å². The molecule has 4 unspecified atom stereocenters. The molecule has 0 rings (SSSR count). The van der Waals surface area contributed by atoms with Gasteiger partial charge in [-0.2, -0.15) is 0 Å². The standard InChI is InChI=1S/2C16H35O4P.Ba/c2*1-5-9-11-15(7-3)13-19-21(17,18)20-14-16(8-4)12-10-6-2;/h2*15-16H,5-14H2,1-4H3,(H,17,18);/q;;+2/p-2. The largest absolute Gasteiger partial charge is 2.00 e. The van der Waals surface area contributed by atoms with Crippen LogP contribution in [0.15, 0.2) is 0 Å². The number of rotatable bonds is 28. The average molecular weight is 780 g/mol. The molecular weight excluding hydrogens is 712 g/mol. The van der Waals surface area contributed by atoms with Crippen LogP contribution in [-0.2, 0) is 27.2 Å². The van der Waals surface area contributed by atoms with Crippen LogP contribution in [0.2, 0.25) is 0 Å². The Morgan fingerprint density at radius 1 is 0.442 bits per heavy atom. The molecule has 0 saturated carbocycles. The van der Waals surface area contributed by atoms with Crippen LogP contribution >= 0.6 is 15.6 Å². The van der Waals surface area contributed by atoms with Gasteiger partial charge in [0.25, 0.3) is 15.6 Å². The maximum absolute atomic E-state index is 11.8. The predicted octanol–water partition coefficient (Wildman–Crippen LogP) is 9.46. The topological polar surface area (TPSA) is 117 Å². The average Bonchev–Trinajstić information content (AvgIpc) is 2.98. The zero-order chi connectivity index (χ0) is 32.3. The first kappa shape index (κ1) is 49.2. The van der Waals surface area contributed by atoms with E-state index in [1.54, 1.807) is 0 Å². The van der Waals surface area contributed by atoms with Gasteiger partial charge >= 0.3 is 48.9 Å². The molecule has 0 aliphatic rings. The van der Waals surface area contributed by atoms with Gasteiger partial charge in [0.1, 0.15) is 0 Å². The molecule has 0 radical (unpaired) electrons. The number of phosphoric acid groups is 2. The van der Waals surface area contributed by atoms with Crippen molar-refractivity contribution in [2.24, 2.45) is 23.7 Å². The number of phosphoric ester groups is 2. The summed E-state index contributed by atoms with van der Waals surface area (Å²) >= 11 is 0. The van der Waals surface area contributed by atoms with Crippen LogP contribution in [0.25, 0.3) is 0 Å². The second-order valence-electron chi connectivity index (χ2n) is 11.7. The molecule has 8 nitrogen and oxygen atoms in total. The van der Waals surface area contributed by atoms with Crippen molar-refractivity contribution in [3.8, 4) is 0 Å². The third kappa shape index (κ3) is 30.8. The van der Waals surface area contributed by atoms with Crippen molar-refractivity contribution in [3.63, 3.8) is 0 Å². The first-order chi connectivity index (χ1) is 20.0. The van der Waals surface area contributed by atoms with Crippen LogP contribution in [0.5, 0.6) is 0 Å². The molecule has 0 aliphatic carbocycles. The molecule has 0 saturated heterocycles. The van der Waals surface area contributed by atoms with Crippen molar-refractivity contribution in [3.05, 3.63) is 0 Å². The van der Waals surface area contributed by atoms with E-state index in [-0.39, 0.29) is 75.3 Å². The maximum atomic E-state index is 11.8. The maximum Gasteiger partial charge on any atom is 2.00 e. The fourth-order valence-corrected chi connectivity index (χ4v) is 6.18. The van der Waals surface area contributed by atoms with Crippen LogP contribution in [0, 0.1) is 23.7 Å². The molecule has 0 amide bonds. The van der Waals surface area contributed by atoms with E-state index in [1.807, 2.05) is 0 Å². The predicted molar refractivity (Wildman–Crippen MR) is 178 cm³/mol. The molecule has 0 spiro atoms. The van der Waals surface area contributed by atoms with Gasteiger partial charge in [-0.3, -0.25) is 9.13 Å². The van der Waals surface area contributed by atoms with Crippen LogP contribution < -0.4 is 9.79 Å². The van der Waals surface area contributed by atoms with Gasteiger partial charge in [0.2, 0.25) is 0 Å². The van der Waals surface area contributed by atoms with E-state index in [4.69, 9.17) is 18.1 Å². The molecule has 0 heterocycles.